The van der Waals surface area contributed by atoms with Crippen LogP contribution in [0.15, 0.2) is 24.5 Å². The summed E-state index contributed by atoms with van der Waals surface area (Å²) in [5, 5.41) is 0. The molecule has 1 rings (SSSR count). The molecule has 0 aliphatic heterocycles. The molecule has 0 fully saturated rings. The molecule has 0 amide bonds. The second-order valence-corrected chi connectivity index (χ2v) is 2.67. The summed E-state index contributed by atoms with van der Waals surface area (Å²) in [5.41, 5.74) is 1.35. The molecule has 66 valence electrons. The van der Waals surface area contributed by atoms with Crippen LogP contribution in [0, 0.1) is 0 Å². The van der Waals surface area contributed by atoms with Crippen molar-refractivity contribution in [3.8, 4) is 0 Å². The fourth-order valence-corrected chi connectivity index (χ4v) is 0.748. The first kappa shape index (κ1) is 10.8. The molecule has 0 radical (unpaired) electrons. The maximum Gasteiger partial charge on any atom is 0.116 e. The van der Waals surface area contributed by atoms with Gasteiger partial charge in [-0.05, 0) is 30.5 Å². The van der Waals surface area contributed by atoms with Gasteiger partial charge in [-0.2, -0.15) is 0 Å². The number of aromatic nitrogens is 1. The van der Waals surface area contributed by atoms with Gasteiger partial charge in [-0.25, -0.2) is 0 Å². The van der Waals surface area contributed by atoms with Crippen molar-refractivity contribution < 1.29 is 4.79 Å². The monoisotopic (exact) mass is 165 g/mol. The second kappa shape index (κ2) is 6.53. The maximum atomic E-state index is 8.81. The number of pyridine rings is 1. The third kappa shape index (κ3) is 4.61. The summed E-state index contributed by atoms with van der Waals surface area (Å²) >= 11 is 0. The highest BCUT2D eigenvalue weighted by Crippen LogP contribution is 2.10. The molecule has 0 aliphatic carbocycles. The number of hydrogen-bond donors (Lipinski definition) is 0. The minimum absolute atomic E-state index is 0.619. The van der Waals surface area contributed by atoms with Crippen molar-refractivity contribution in [3.63, 3.8) is 0 Å². The van der Waals surface area contributed by atoms with Crippen LogP contribution in [0.5, 0.6) is 0 Å². The van der Waals surface area contributed by atoms with Crippen LogP contribution in [0.3, 0.4) is 0 Å². The SMILES string of the molecule is CC(C)c1ccncc1.CC=O. The minimum atomic E-state index is 0.619. The van der Waals surface area contributed by atoms with E-state index in [0.29, 0.717) is 5.92 Å². The molecule has 0 aromatic carbocycles. The fourth-order valence-electron chi connectivity index (χ4n) is 0.748. The van der Waals surface area contributed by atoms with Gasteiger partial charge in [0, 0.05) is 12.4 Å². The van der Waals surface area contributed by atoms with Crippen LogP contribution in [0.1, 0.15) is 32.3 Å². The molecular weight excluding hydrogens is 150 g/mol. The lowest BCUT2D eigenvalue weighted by Gasteiger charge is -2.01. The molecule has 2 nitrogen and oxygen atoms in total. The highest BCUT2D eigenvalue weighted by molar-refractivity contribution is 5.44. The molecule has 0 atom stereocenters. The van der Waals surface area contributed by atoms with E-state index in [1.807, 2.05) is 24.5 Å². The van der Waals surface area contributed by atoms with Crippen molar-refractivity contribution in [1.29, 1.82) is 0 Å². The van der Waals surface area contributed by atoms with Crippen LogP contribution >= 0.6 is 0 Å². The summed E-state index contributed by atoms with van der Waals surface area (Å²) in [6, 6.07) is 4.09. The Morgan fingerprint density at radius 3 is 2.00 bits per heavy atom. The molecule has 2 heteroatoms. The van der Waals surface area contributed by atoms with Crippen molar-refractivity contribution in [3.05, 3.63) is 30.1 Å². The smallest absolute Gasteiger partial charge is 0.116 e. The number of rotatable bonds is 1. The topological polar surface area (TPSA) is 30.0 Å². The highest BCUT2D eigenvalue weighted by atomic mass is 16.1. The Hall–Kier alpha value is -1.18. The van der Waals surface area contributed by atoms with Gasteiger partial charge in [-0.3, -0.25) is 4.98 Å². The Labute approximate surface area is 73.6 Å². The van der Waals surface area contributed by atoms with E-state index in [2.05, 4.69) is 18.8 Å². The molecule has 0 aliphatic rings. The first-order valence-corrected chi connectivity index (χ1v) is 4.02. The summed E-state index contributed by atoms with van der Waals surface area (Å²) in [6.07, 6.45) is 4.41. The van der Waals surface area contributed by atoms with E-state index in [9.17, 15) is 0 Å². The molecular formula is C10H15NO. The fraction of sp³-hybridized carbons (Fsp3) is 0.400. The molecule has 1 aromatic heterocycles. The summed E-state index contributed by atoms with van der Waals surface area (Å²) in [4.78, 5) is 12.7. The molecule has 0 saturated carbocycles. The van der Waals surface area contributed by atoms with Crippen LogP contribution in [0.4, 0.5) is 0 Å². The largest absolute Gasteiger partial charge is 0.304 e. The van der Waals surface area contributed by atoms with Crippen LogP contribution < -0.4 is 0 Å². The Morgan fingerprint density at radius 2 is 1.75 bits per heavy atom. The van der Waals surface area contributed by atoms with Gasteiger partial charge >= 0.3 is 0 Å². The summed E-state index contributed by atoms with van der Waals surface area (Å²) in [5.74, 6) is 0.619. The van der Waals surface area contributed by atoms with E-state index in [1.165, 1.54) is 12.5 Å². The van der Waals surface area contributed by atoms with Gasteiger partial charge in [0.05, 0.1) is 0 Å². The van der Waals surface area contributed by atoms with Crippen molar-refractivity contribution in [1.82, 2.24) is 4.98 Å². The first-order valence-electron chi connectivity index (χ1n) is 4.02. The van der Waals surface area contributed by atoms with Gasteiger partial charge in [0.2, 0.25) is 0 Å². The van der Waals surface area contributed by atoms with Crippen LogP contribution in [-0.2, 0) is 4.79 Å². The minimum Gasteiger partial charge on any atom is -0.304 e. The molecule has 0 unspecified atom stereocenters. The standard InChI is InChI=1S/C8H11N.C2H4O/c1-7(2)8-3-5-9-6-4-8;1-2-3/h3-7H,1-2H3;2H,1H3. The van der Waals surface area contributed by atoms with Crippen LogP contribution in [-0.4, -0.2) is 11.3 Å². The predicted molar refractivity (Wildman–Crippen MR) is 50.1 cm³/mol. The Bertz CT molecular complexity index is 206. The Kier molecular flexibility index (Phi) is 5.88. The molecule has 0 N–H and O–H groups in total. The molecule has 0 bridgehead atoms. The van der Waals surface area contributed by atoms with E-state index >= 15 is 0 Å². The third-order valence-corrected chi connectivity index (χ3v) is 1.37. The van der Waals surface area contributed by atoms with Gasteiger partial charge in [0.15, 0.2) is 0 Å². The molecule has 1 heterocycles. The quantitative estimate of drug-likeness (QED) is 0.598. The lowest BCUT2D eigenvalue weighted by Crippen LogP contribution is -1.85. The lowest BCUT2D eigenvalue weighted by molar-refractivity contribution is -0.106. The van der Waals surface area contributed by atoms with Crippen molar-refractivity contribution in [2.75, 3.05) is 0 Å². The Morgan fingerprint density at radius 1 is 1.33 bits per heavy atom. The molecule has 1 aromatic rings. The number of nitrogens with zero attached hydrogens (tertiary/aromatic N) is 1. The average Bonchev–Trinajstić information content (AvgIpc) is 2.07. The predicted octanol–water partition coefficient (Wildman–Crippen LogP) is 2.41. The normalized spacial score (nSPS) is 8.67. The number of hydrogen-bond acceptors (Lipinski definition) is 2. The van der Waals surface area contributed by atoms with Crippen molar-refractivity contribution >= 4 is 6.29 Å². The van der Waals surface area contributed by atoms with Crippen molar-refractivity contribution in [2.45, 2.75) is 26.7 Å². The van der Waals surface area contributed by atoms with E-state index < -0.39 is 0 Å². The molecule has 12 heavy (non-hydrogen) atoms. The zero-order valence-electron chi connectivity index (χ0n) is 7.82. The maximum absolute atomic E-state index is 8.81. The molecule has 0 saturated heterocycles. The summed E-state index contributed by atoms with van der Waals surface area (Å²) in [7, 11) is 0. The Balaban J connectivity index is 0.000000354. The summed E-state index contributed by atoms with van der Waals surface area (Å²) in [6.45, 7) is 5.80. The third-order valence-electron chi connectivity index (χ3n) is 1.37. The van der Waals surface area contributed by atoms with Gasteiger partial charge in [0.1, 0.15) is 6.29 Å². The number of carbonyl (C=O) groups excluding carboxylic acids is 1. The highest BCUT2D eigenvalue weighted by Gasteiger charge is 1.93. The van der Waals surface area contributed by atoms with Gasteiger partial charge in [0.25, 0.3) is 0 Å². The van der Waals surface area contributed by atoms with Gasteiger partial charge in [-0.15, -0.1) is 0 Å². The molecule has 0 spiro atoms. The van der Waals surface area contributed by atoms with Gasteiger partial charge in [-0.1, -0.05) is 13.8 Å². The zero-order valence-corrected chi connectivity index (χ0v) is 7.82. The van der Waals surface area contributed by atoms with E-state index in [-0.39, 0.29) is 0 Å². The zero-order chi connectivity index (χ0) is 9.40. The van der Waals surface area contributed by atoms with E-state index in [1.54, 1.807) is 0 Å². The number of aldehydes is 1. The first-order chi connectivity index (χ1) is 5.72. The number of carbonyl (C=O) groups is 1. The van der Waals surface area contributed by atoms with Crippen LogP contribution in [0.25, 0.3) is 0 Å². The summed E-state index contributed by atoms with van der Waals surface area (Å²) < 4.78 is 0. The average molecular weight is 165 g/mol. The van der Waals surface area contributed by atoms with Gasteiger partial charge < -0.3 is 4.79 Å². The van der Waals surface area contributed by atoms with E-state index in [0.717, 1.165) is 6.29 Å². The van der Waals surface area contributed by atoms with Crippen LogP contribution in [0.2, 0.25) is 0 Å². The second-order valence-electron chi connectivity index (χ2n) is 2.67. The lowest BCUT2D eigenvalue weighted by atomic mass is 10.1. The van der Waals surface area contributed by atoms with E-state index in [4.69, 9.17) is 4.79 Å². The van der Waals surface area contributed by atoms with Crippen molar-refractivity contribution in [2.24, 2.45) is 0 Å².